The molecule has 4 rings (SSSR count). The predicted molar refractivity (Wildman–Crippen MR) is 90.7 cm³/mol. The number of hydrogen-bond donors (Lipinski definition) is 2. The van der Waals surface area contributed by atoms with E-state index in [0.717, 1.165) is 12.2 Å². The zero-order valence-electron chi connectivity index (χ0n) is 13.3. The van der Waals surface area contributed by atoms with Crippen LogP contribution in [0.25, 0.3) is 5.82 Å². The van der Waals surface area contributed by atoms with E-state index in [1.54, 1.807) is 29.3 Å². The van der Waals surface area contributed by atoms with Gasteiger partial charge in [-0.3, -0.25) is 0 Å². The number of urea groups is 1. The zero-order valence-corrected chi connectivity index (χ0v) is 13.3. The third kappa shape index (κ3) is 3.42. The quantitative estimate of drug-likeness (QED) is 0.757. The van der Waals surface area contributed by atoms with Gasteiger partial charge in [0.1, 0.15) is 24.5 Å². The summed E-state index contributed by atoms with van der Waals surface area (Å²) in [5, 5.41) is 9.56. The maximum absolute atomic E-state index is 12.0. The number of benzene rings is 1. The fourth-order valence-electron chi connectivity index (χ4n) is 2.67. The zero-order chi connectivity index (χ0) is 17.1. The van der Waals surface area contributed by atoms with E-state index in [4.69, 9.17) is 4.74 Å². The van der Waals surface area contributed by atoms with Crippen molar-refractivity contribution in [2.24, 2.45) is 0 Å². The van der Waals surface area contributed by atoms with Crippen LogP contribution in [0.1, 0.15) is 5.56 Å². The number of ether oxygens (including phenoxy) is 1. The topological polar surface area (TPSA) is 94.0 Å². The Labute approximate surface area is 143 Å². The van der Waals surface area contributed by atoms with Crippen LogP contribution in [0.4, 0.5) is 10.5 Å². The highest BCUT2D eigenvalue weighted by molar-refractivity contribution is 5.89. The van der Waals surface area contributed by atoms with E-state index in [1.807, 2.05) is 24.3 Å². The summed E-state index contributed by atoms with van der Waals surface area (Å²) in [6.07, 6.45) is 5.31. The molecule has 8 nitrogen and oxygen atoms in total. The second-order valence-electron chi connectivity index (χ2n) is 5.63. The summed E-state index contributed by atoms with van der Waals surface area (Å²) in [7, 11) is 0. The number of pyridine rings is 1. The number of carbonyl (C=O) groups is 1. The molecule has 0 spiro atoms. The highest BCUT2D eigenvalue weighted by Gasteiger charge is 2.22. The molecular weight excluding hydrogens is 320 g/mol. The van der Waals surface area contributed by atoms with Crippen molar-refractivity contribution in [3.8, 4) is 11.6 Å². The average Bonchev–Trinajstić information content (AvgIpc) is 3.30. The lowest BCUT2D eigenvalue weighted by atomic mass is 10.1. The van der Waals surface area contributed by atoms with Crippen molar-refractivity contribution in [1.29, 1.82) is 0 Å². The van der Waals surface area contributed by atoms with Gasteiger partial charge in [-0.1, -0.05) is 18.2 Å². The maximum Gasteiger partial charge on any atom is 0.319 e. The molecule has 126 valence electrons. The van der Waals surface area contributed by atoms with Crippen molar-refractivity contribution in [2.45, 2.75) is 12.5 Å². The minimum absolute atomic E-state index is 0.0454. The Kier molecular flexibility index (Phi) is 3.99. The predicted octanol–water partition coefficient (Wildman–Crippen LogP) is 1.79. The minimum Gasteiger partial charge on any atom is -0.488 e. The second kappa shape index (κ2) is 6.60. The van der Waals surface area contributed by atoms with Crippen molar-refractivity contribution in [1.82, 2.24) is 25.1 Å². The summed E-state index contributed by atoms with van der Waals surface area (Å²) in [6.45, 7) is 0.435. The molecule has 8 heteroatoms. The second-order valence-corrected chi connectivity index (χ2v) is 5.63. The van der Waals surface area contributed by atoms with Crippen LogP contribution in [0, 0.1) is 0 Å². The Bertz CT molecular complexity index is 838. The molecule has 1 aromatic carbocycles. The average molecular weight is 336 g/mol. The first-order valence-corrected chi connectivity index (χ1v) is 7.88. The van der Waals surface area contributed by atoms with E-state index in [0.29, 0.717) is 18.1 Å². The van der Waals surface area contributed by atoms with E-state index in [1.165, 1.54) is 11.9 Å². The monoisotopic (exact) mass is 336 g/mol. The van der Waals surface area contributed by atoms with Crippen molar-refractivity contribution in [2.75, 3.05) is 11.9 Å². The van der Waals surface area contributed by atoms with Gasteiger partial charge in [0, 0.05) is 6.42 Å². The molecule has 2 amide bonds. The fourth-order valence-corrected chi connectivity index (χ4v) is 2.67. The molecule has 0 saturated heterocycles. The highest BCUT2D eigenvalue weighted by atomic mass is 16.5. The standard InChI is InChI=1S/C17H16N6O2/c24-17(20-9-14-7-12-3-1-2-4-15(12)25-14)22-13-5-6-16(19-8-13)23-11-18-10-21-23/h1-6,8,10-11,14H,7,9H2,(H2,20,22,24)/t14-/m0/s1. The molecule has 2 N–H and O–H groups in total. The molecule has 1 aliphatic rings. The number of para-hydroxylation sites is 1. The Balaban J connectivity index is 1.28. The normalized spacial score (nSPS) is 15.3. The first kappa shape index (κ1) is 15.1. The maximum atomic E-state index is 12.0. The van der Waals surface area contributed by atoms with Crippen molar-refractivity contribution < 1.29 is 9.53 Å². The van der Waals surface area contributed by atoms with Crippen LogP contribution in [0.5, 0.6) is 5.75 Å². The Morgan fingerprint density at radius 1 is 1.28 bits per heavy atom. The van der Waals surface area contributed by atoms with Crippen LogP contribution in [0.3, 0.4) is 0 Å². The molecule has 1 atom stereocenters. The van der Waals surface area contributed by atoms with Crippen LogP contribution in [0.15, 0.2) is 55.2 Å². The van der Waals surface area contributed by atoms with Gasteiger partial charge in [0.25, 0.3) is 0 Å². The third-order valence-corrected chi connectivity index (χ3v) is 3.86. The number of amides is 2. The van der Waals surface area contributed by atoms with Gasteiger partial charge in [-0.2, -0.15) is 5.10 Å². The number of anilines is 1. The van der Waals surface area contributed by atoms with Gasteiger partial charge < -0.3 is 15.4 Å². The van der Waals surface area contributed by atoms with E-state index in [-0.39, 0.29) is 12.1 Å². The van der Waals surface area contributed by atoms with Gasteiger partial charge in [-0.05, 0) is 23.8 Å². The Morgan fingerprint density at radius 3 is 2.96 bits per heavy atom. The summed E-state index contributed by atoms with van der Waals surface area (Å²) in [4.78, 5) is 20.1. The number of aromatic nitrogens is 4. The van der Waals surface area contributed by atoms with Crippen molar-refractivity contribution in [3.05, 3.63) is 60.8 Å². The lowest BCUT2D eigenvalue weighted by Gasteiger charge is -2.12. The summed E-state index contributed by atoms with van der Waals surface area (Å²) < 4.78 is 7.33. The number of nitrogens with one attached hydrogen (secondary N) is 2. The molecule has 0 bridgehead atoms. The van der Waals surface area contributed by atoms with Crippen LogP contribution >= 0.6 is 0 Å². The smallest absolute Gasteiger partial charge is 0.319 e. The molecule has 2 aromatic heterocycles. The molecule has 0 unspecified atom stereocenters. The fraction of sp³-hybridized carbons (Fsp3) is 0.176. The summed E-state index contributed by atoms with van der Waals surface area (Å²) in [6, 6.07) is 11.1. The van der Waals surface area contributed by atoms with Crippen molar-refractivity contribution >= 4 is 11.7 Å². The molecule has 0 radical (unpaired) electrons. The van der Waals surface area contributed by atoms with Gasteiger partial charge in [-0.25, -0.2) is 19.4 Å². The largest absolute Gasteiger partial charge is 0.488 e. The Morgan fingerprint density at radius 2 is 2.20 bits per heavy atom. The molecule has 1 aliphatic heterocycles. The van der Waals surface area contributed by atoms with E-state index in [2.05, 4.69) is 25.7 Å². The van der Waals surface area contributed by atoms with Crippen LogP contribution in [0.2, 0.25) is 0 Å². The lowest BCUT2D eigenvalue weighted by molar-refractivity contribution is 0.219. The number of hydrogen-bond acceptors (Lipinski definition) is 5. The number of fused-ring (bicyclic) bond motifs is 1. The first-order chi connectivity index (χ1) is 12.3. The van der Waals surface area contributed by atoms with Gasteiger partial charge in [-0.15, -0.1) is 0 Å². The van der Waals surface area contributed by atoms with Gasteiger partial charge in [0.15, 0.2) is 5.82 Å². The van der Waals surface area contributed by atoms with Gasteiger partial charge in [0.2, 0.25) is 0 Å². The molecule has 0 fully saturated rings. The van der Waals surface area contributed by atoms with Gasteiger partial charge >= 0.3 is 6.03 Å². The number of rotatable bonds is 4. The van der Waals surface area contributed by atoms with E-state index < -0.39 is 0 Å². The Hall–Kier alpha value is -3.42. The van der Waals surface area contributed by atoms with Crippen LogP contribution in [-0.2, 0) is 6.42 Å². The first-order valence-electron chi connectivity index (χ1n) is 7.88. The molecule has 3 heterocycles. The minimum atomic E-state index is -0.296. The summed E-state index contributed by atoms with van der Waals surface area (Å²) in [5.74, 6) is 1.52. The third-order valence-electron chi connectivity index (χ3n) is 3.86. The lowest BCUT2D eigenvalue weighted by Crippen LogP contribution is -2.37. The van der Waals surface area contributed by atoms with Crippen molar-refractivity contribution in [3.63, 3.8) is 0 Å². The molecule has 25 heavy (non-hydrogen) atoms. The van der Waals surface area contributed by atoms with Gasteiger partial charge in [0.05, 0.1) is 18.4 Å². The molecule has 3 aromatic rings. The number of nitrogens with zero attached hydrogens (tertiary/aromatic N) is 4. The molecule has 0 aliphatic carbocycles. The van der Waals surface area contributed by atoms with E-state index >= 15 is 0 Å². The summed E-state index contributed by atoms with van der Waals surface area (Å²) in [5.41, 5.74) is 1.76. The van der Waals surface area contributed by atoms with Crippen LogP contribution < -0.4 is 15.4 Å². The molecular formula is C17H16N6O2. The summed E-state index contributed by atoms with van der Waals surface area (Å²) >= 11 is 0. The SMILES string of the molecule is O=C(NC[C@@H]1Cc2ccccc2O1)Nc1ccc(-n2cncn2)nc1. The highest BCUT2D eigenvalue weighted by Crippen LogP contribution is 2.27. The van der Waals surface area contributed by atoms with E-state index in [9.17, 15) is 4.79 Å². The molecule has 0 saturated carbocycles. The van der Waals surface area contributed by atoms with Crippen LogP contribution in [-0.4, -0.2) is 38.4 Å². The number of carbonyl (C=O) groups excluding carboxylic acids is 1.